The number of cyclic esters (lactones) is 1. The van der Waals surface area contributed by atoms with E-state index in [4.69, 9.17) is 9.47 Å². The SMILES string of the molecule is C=C1CC2[C@@]3(C)C=CC(=O)C(C)(C)C3=C(O)C(=O)[C@@]2(C)C2(C(=O)OC)C(=O)C(C)OC(=O)[C@@]12C. The third kappa shape index (κ3) is 2.14. The monoisotopic (exact) mass is 470 g/mol. The number of allylic oxidation sites excluding steroid dienone is 4. The highest BCUT2D eigenvalue weighted by Gasteiger charge is 2.84. The molecule has 182 valence electrons. The Kier molecular flexibility index (Phi) is 4.64. The number of ketones is 3. The van der Waals surface area contributed by atoms with E-state index in [0.29, 0.717) is 0 Å². The van der Waals surface area contributed by atoms with Crippen LogP contribution in [0, 0.1) is 33.0 Å². The van der Waals surface area contributed by atoms with Gasteiger partial charge in [-0.05, 0) is 51.7 Å². The number of aliphatic hydroxyl groups is 1. The van der Waals surface area contributed by atoms with Crippen LogP contribution in [0.4, 0.5) is 0 Å². The molecule has 0 bridgehead atoms. The van der Waals surface area contributed by atoms with E-state index in [-0.39, 0.29) is 23.4 Å². The van der Waals surface area contributed by atoms with Crippen LogP contribution < -0.4 is 0 Å². The molecule has 4 aliphatic rings. The number of fused-ring (bicyclic) bond motifs is 5. The molecule has 0 radical (unpaired) electrons. The van der Waals surface area contributed by atoms with Crippen LogP contribution in [0.3, 0.4) is 0 Å². The first-order chi connectivity index (χ1) is 15.5. The normalized spacial score (nSPS) is 43.1. The maximum absolute atomic E-state index is 14.2. The fraction of sp³-hybridized carbons (Fsp3) is 0.577. The highest BCUT2D eigenvalue weighted by Crippen LogP contribution is 2.74. The van der Waals surface area contributed by atoms with Gasteiger partial charge >= 0.3 is 11.9 Å². The van der Waals surface area contributed by atoms with Gasteiger partial charge in [0.05, 0.1) is 17.9 Å². The summed E-state index contributed by atoms with van der Waals surface area (Å²) in [5.41, 5.74) is -7.94. The Labute approximate surface area is 198 Å². The first-order valence-electron chi connectivity index (χ1n) is 11.3. The highest BCUT2D eigenvalue weighted by molar-refractivity contribution is 6.20. The summed E-state index contributed by atoms with van der Waals surface area (Å²) in [6.45, 7) is 13.3. The van der Waals surface area contributed by atoms with E-state index in [9.17, 15) is 29.1 Å². The largest absolute Gasteiger partial charge is 0.504 e. The summed E-state index contributed by atoms with van der Waals surface area (Å²) in [6, 6.07) is 0. The summed E-state index contributed by atoms with van der Waals surface area (Å²) in [6.07, 6.45) is 1.79. The van der Waals surface area contributed by atoms with Gasteiger partial charge in [-0.2, -0.15) is 0 Å². The number of ether oxygens (including phenoxy) is 2. The van der Waals surface area contributed by atoms with Gasteiger partial charge in [-0.3, -0.25) is 24.0 Å². The molecule has 3 aliphatic carbocycles. The van der Waals surface area contributed by atoms with Gasteiger partial charge in [-0.15, -0.1) is 0 Å². The fourth-order valence-corrected chi connectivity index (χ4v) is 7.49. The first kappa shape index (κ1) is 24.1. The van der Waals surface area contributed by atoms with Crippen LogP contribution in [-0.4, -0.2) is 47.6 Å². The molecule has 1 saturated carbocycles. The van der Waals surface area contributed by atoms with Gasteiger partial charge in [0.15, 0.2) is 28.8 Å². The molecule has 34 heavy (non-hydrogen) atoms. The number of aliphatic hydroxyl groups excluding tert-OH is 1. The van der Waals surface area contributed by atoms with Crippen LogP contribution in [0.25, 0.3) is 0 Å². The lowest BCUT2D eigenvalue weighted by atomic mass is 9.33. The second-order valence-corrected chi connectivity index (χ2v) is 11.0. The second-order valence-electron chi connectivity index (χ2n) is 11.0. The van der Waals surface area contributed by atoms with Crippen LogP contribution in [0.15, 0.2) is 35.6 Å². The Hall–Kier alpha value is -3.03. The minimum absolute atomic E-state index is 0.0795. The summed E-state index contributed by atoms with van der Waals surface area (Å²) < 4.78 is 10.4. The number of carbonyl (C=O) groups excluding carboxylic acids is 5. The van der Waals surface area contributed by atoms with Gasteiger partial charge in [-0.25, -0.2) is 0 Å². The van der Waals surface area contributed by atoms with Crippen molar-refractivity contribution in [3.63, 3.8) is 0 Å². The molecule has 4 rings (SSSR count). The molecular formula is C26H30O8. The molecule has 0 aromatic rings. The van der Waals surface area contributed by atoms with Crippen molar-refractivity contribution >= 4 is 29.3 Å². The molecule has 0 aromatic carbocycles. The third-order valence-electron chi connectivity index (χ3n) is 9.31. The summed E-state index contributed by atoms with van der Waals surface area (Å²) in [4.78, 5) is 68.0. The smallest absolute Gasteiger partial charge is 0.322 e. The molecule has 1 heterocycles. The standard InChI is InChI=1S/C26H30O8/c1-12-11-14-23(5)10-9-15(27)22(3,4)17(23)16(28)19(30)25(14,7)26(21(32)33-8)18(29)13(2)34-20(31)24(12,26)6/h9-10,13-14,28H,1,11H2,2-8H3/t13?,14?,23-,24-,25+,26?/m1/s1. The van der Waals surface area contributed by atoms with Gasteiger partial charge in [-0.1, -0.05) is 32.1 Å². The molecule has 0 spiro atoms. The number of rotatable bonds is 1. The summed E-state index contributed by atoms with van der Waals surface area (Å²) in [7, 11) is 1.09. The number of esters is 2. The Morgan fingerprint density at radius 1 is 1.15 bits per heavy atom. The van der Waals surface area contributed by atoms with Crippen LogP contribution in [-0.2, 0) is 33.4 Å². The quantitative estimate of drug-likeness (QED) is 0.352. The fourth-order valence-electron chi connectivity index (χ4n) is 7.49. The van der Waals surface area contributed by atoms with Crippen molar-refractivity contribution in [2.45, 2.75) is 54.1 Å². The van der Waals surface area contributed by atoms with Crippen molar-refractivity contribution in [2.24, 2.45) is 33.0 Å². The lowest BCUT2D eigenvalue weighted by molar-refractivity contribution is -0.222. The summed E-state index contributed by atoms with van der Waals surface area (Å²) in [5, 5.41) is 11.4. The van der Waals surface area contributed by atoms with E-state index in [1.807, 2.05) is 0 Å². The lowest BCUT2D eigenvalue weighted by Crippen LogP contribution is -2.77. The van der Waals surface area contributed by atoms with Crippen molar-refractivity contribution in [2.75, 3.05) is 7.11 Å². The van der Waals surface area contributed by atoms with Gasteiger partial charge in [0.1, 0.15) is 5.41 Å². The number of hydrogen-bond donors (Lipinski definition) is 1. The maximum Gasteiger partial charge on any atom is 0.322 e. The number of methoxy groups -OCH3 is 1. The van der Waals surface area contributed by atoms with Crippen LogP contribution in [0.5, 0.6) is 0 Å². The Balaban J connectivity index is 2.20. The van der Waals surface area contributed by atoms with E-state index in [1.54, 1.807) is 26.8 Å². The molecule has 3 unspecified atom stereocenters. The van der Waals surface area contributed by atoms with Crippen molar-refractivity contribution in [1.82, 2.24) is 0 Å². The van der Waals surface area contributed by atoms with Gasteiger partial charge < -0.3 is 14.6 Å². The molecule has 1 N–H and O–H groups in total. The molecule has 6 atom stereocenters. The second kappa shape index (κ2) is 6.55. The number of carbonyl (C=O) groups is 5. The molecule has 1 saturated heterocycles. The lowest BCUT2D eigenvalue weighted by Gasteiger charge is -2.66. The van der Waals surface area contributed by atoms with Crippen molar-refractivity contribution in [1.29, 1.82) is 0 Å². The number of hydrogen-bond acceptors (Lipinski definition) is 8. The molecule has 0 amide bonds. The molecule has 8 nitrogen and oxygen atoms in total. The molecule has 2 fully saturated rings. The van der Waals surface area contributed by atoms with Crippen molar-refractivity contribution in [3.05, 3.63) is 35.6 Å². The van der Waals surface area contributed by atoms with Gasteiger partial charge in [0.25, 0.3) is 0 Å². The average molecular weight is 471 g/mol. The van der Waals surface area contributed by atoms with E-state index in [1.165, 1.54) is 26.8 Å². The number of Topliss-reactive ketones (excluding diaryl/α,β-unsaturated/α-hetero) is 2. The zero-order valence-corrected chi connectivity index (χ0v) is 20.5. The van der Waals surface area contributed by atoms with Crippen LogP contribution >= 0.6 is 0 Å². The Morgan fingerprint density at radius 2 is 1.74 bits per heavy atom. The van der Waals surface area contributed by atoms with E-state index in [0.717, 1.165) is 7.11 Å². The van der Waals surface area contributed by atoms with E-state index >= 15 is 0 Å². The van der Waals surface area contributed by atoms with Gasteiger partial charge in [0.2, 0.25) is 5.78 Å². The predicted octanol–water partition coefficient (Wildman–Crippen LogP) is 2.82. The Bertz CT molecular complexity index is 1170. The summed E-state index contributed by atoms with van der Waals surface area (Å²) in [5.74, 6) is -5.29. The van der Waals surface area contributed by atoms with E-state index in [2.05, 4.69) is 6.58 Å². The zero-order valence-electron chi connectivity index (χ0n) is 20.5. The molecule has 1 aliphatic heterocycles. The van der Waals surface area contributed by atoms with Crippen LogP contribution in [0.2, 0.25) is 0 Å². The molecule has 8 heteroatoms. The minimum atomic E-state index is -2.33. The zero-order chi connectivity index (χ0) is 25.8. The van der Waals surface area contributed by atoms with Crippen molar-refractivity contribution < 1.29 is 38.6 Å². The third-order valence-corrected chi connectivity index (χ3v) is 9.31. The molecular weight excluding hydrogens is 440 g/mol. The van der Waals surface area contributed by atoms with Crippen LogP contribution in [0.1, 0.15) is 48.0 Å². The first-order valence-corrected chi connectivity index (χ1v) is 11.3. The topological polar surface area (TPSA) is 124 Å². The van der Waals surface area contributed by atoms with E-state index < -0.39 is 68.4 Å². The molecule has 0 aromatic heterocycles. The average Bonchev–Trinajstić information content (AvgIpc) is 2.76. The van der Waals surface area contributed by atoms with Crippen molar-refractivity contribution in [3.8, 4) is 0 Å². The summed E-state index contributed by atoms with van der Waals surface area (Å²) >= 11 is 0. The predicted molar refractivity (Wildman–Crippen MR) is 119 cm³/mol. The highest BCUT2D eigenvalue weighted by atomic mass is 16.6. The minimum Gasteiger partial charge on any atom is -0.504 e. The maximum atomic E-state index is 14.2. The Morgan fingerprint density at radius 3 is 2.29 bits per heavy atom. The van der Waals surface area contributed by atoms with Gasteiger partial charge in [0, 0.05) is 5.41 Å².